The maximum Gasteiger partial charge on any atom is 0.275 e. The number of fused-ring (bicyclic) bond motifs is 1. The summed E-state index contributed by atoms with van der Waals surface area (Å²) in [6.07, 6.45) is 2.92. The normalized spacial score (nSPS) is 18.8. The quantitative estimate of drug-likeness (QED) is 0.594. The molecule has 150 valence electrons. The van der Waals surface area contributed by atoms with Crippen molar-refractivity contribution in [3.05, 3.63) is 107 Å². The van der Waals surface area contributed by atoms with Crippen molar-refractivity contribution >= 4 is 46.2 Å². The van der Waals surface area contributed by atoms with Crippen LogP contribution in [0.1, 0.15) is 32.3 Å². The summed E-state index contributed by atoms with van der Waals surface area (Å²) in [7, 11) is 0. The number of aliphatic imine (C=N–C) groups is 2. The molecule has 0 aliphatic carbocycles. The molecule has 2 aliphatic heterocycles. The number of hydrogen-bond acceptors (Lipinski definition) is 5. The van der Waals surface area contributed by atoms with Gasteiger partial charge in [-0.1, -0.05) is 84.6 Å². The van der Waals surface area contributed by atoms with E-state index in [1.807, 2.05) is 66.7 Å². The Morgan fingerprint density at radius 2 is 1.68 bits per heavy atom. The van der Waals surface area contributed by atoms with Crippen LogP contribution < -0.4 is 5.32 Å². The van der Waals surface area contributed by atoms with Crippen molar-refractivity contribution in [2.75, 3.05) is 5.32 Å². The van der Waals surface area contributed by atoms with E-state index in [0.717, 1.165) is 34.4 Å². The van der Waals surface area contributed by atoms with E-state index in [2.05, 4.69) is 16.4 Å². The lowest BCUT2D eigenvalue weighted by molar-refractivity contribution is -0.110. The Morgan fingerprint density at radius 1 is 0.935 bits per heavy atom. The fraction of sp³-hybridized carbons (Fsp3) is 0.0400. The smallest absolute Gasteiger partial charge is 0.275 e. The molecule has 0 aromatic heterocycles. The largest absolute Gasteiger partial charge is 0.320 e. The highest BCUT2D eigenvalue weighted by Gasteiger charge is 2.28. The highest BCUT2D eigenvalue weighted by atomic mass is 32.2. The van der Waals surface area contributed by atoms with Gasteiger partial charge in [-0.05, 0) is 23.3 Å². The summed E-state index contributed by atoms with van der Waals surface area (Å²) >= 11 is 1.48. The second kappa shape index (κ2) is 8.16. The molecule has 0 spiro atoms. The average molecular weight is 423 g/mol. The Morgan fingerprint density at radius 3 is 2.45 bits per heavy atom. The summed E-state index contributed by atoms with van der Waals surface area (Å²) in [6.45, 7) is 0. The van der Waals surface area contributed by atoms with Crippen molar-refractivity contribution in [2.45, 2.75) is 5.25 Å². The van der Waals surface area contributed by atoms with Gasteiger partial charge in [0.1, 0.15) is 12.0 Å². The molecular formula is C25H17N3O2S. The predicted molar refractivity (Wildman–Crippen MR) is 126 cm³/mol. The third kappa shape index (κ3) is 3.85. The van der Waals surface area contributed by atoms with Gasteiger partial charge in [0.15, 0.2) is 5.17 Å². The van der Waals surface area contributed by atoms with Crippen LogP contribution in [0.3, 0.4) is 0 Å². The SMILES string of the molecule is O=Cc1ccc(C2C=C(c3ccccc3)N=C(N=C3C(=O)Nc4ccccc43)S2)cc1. The second-order valence-corrected chi connectivity index (χ2v) is 8.20. The molecule has 0 radical (unpaired) electrons. The van der Waals surface area contributed by atoms with Gasteiger partial charge < -0.3 is 5.32 Å². The molecule has 0 saturated heterocycles. The molecule has 1 atom stereocenters. The number of carbonyl (C=O) groups excluding carboxylic acids is 2. The molecule has 2 aliphatic rings. The van der Waals surface area contributed by atoms with Crippen molar-refractivity contribution in [1.29, 1.82) is 0 Å². The number of nitrogens with one attached hydrogen (secondary N) is 1. The summed E-state index contributed by atoms with van der Waals surface area (Å²) in [5.74, 6) is -0.229. The van der Waals surface area contributed by atoms with E-state index in [0.29, 0.717) is 16.4 Å². The van der Waals surface area contributed by atoms with Gasteiger partial charge >= 0.3 is 0 Å². The lowest BCUT2D eigenvalue weighted by atomic mass is 10.1. The van der Waals surface area contributed by atoms with Gasteiger partial charge in [-0.3, -0.25) is 9.59 Å². The molecule has 2 heterocycles. The van der Waals surface area contributed by atoms with Gasteiger partial charge in [-0.15, -0.1) is 0 Å². The molecular weight excluding hydrogens is 406 g/mol. The summed E-state index contributed by atoms with van der Waals surface area (Å²) < 4.78 is 0. The molecule has 1 unspecified atom stereocenters. The van der Waals surface area contributed by atoms with E-state index in [1.165, 1.54) is 11.8 Å². The van der Waals surface area contributed by atoms with Crippen LogP contribution in [0.4, 0.5) is 5.69 Å². The van der Waals surface area contributed by atoms with Crippen molar-refractivity contribution in [2.24, 2.45) is 9.98 Å². The van der Waals surface area contributed by atoms with Gasteiger partial charge in [0, 0.05) is 11.1 Å². The van der Waals surface area contributed by atoms with Crippen molar-refractivity contribution in [1.82, 2.24) is 0 Å². The molecule has 5 rings (SSSR count). The number of amidine groups is 1. The summed E-state index contributed by atoms with van der Waals surface area (Å²) in [4.78, 5) is 33.0. The zero-order chi connectivity index (χ0) is 21.2. The Kier molecular flexibility index (Phi) is 5.06. The molecule has 6 heteroatoms. The van der Waals surface area contributed by atoms with E-state index in [1.54, 1.807) is 12.1 Å². The number of nitrogens with zero attached hydrogens (tertiary/aromatic N) is 2. The highest BCUT2D eigenvalue weighted by molar-refractivity contribution is 8.14. The number of aldehydes is 1. The minimum Gasteiger partial charge on any atom is -0.320 e. The zero-order valence-corrected chi connectivity index (χ0v) is 17.2. The van der Waals surface area contributed by atoms with E-state index in [-0.39, 0.29) is 11.2 Å². The van der Waals surface area contributed by atoms with Crippen LogP contribution in [0, 0.1) is 0 Å². The highest BCUT2D eigenvalue weighted by Crippen LogP contribution is 2.39. The van der Waals surface area contributed by atoms with Crippen LogP contribution in [-0.4, -0.2) is 23.1 Å². The fourth-order valence-corrected chi connectivity index (χ4v) is 4.53. The van der Waals surface area contributed by atoms with Crippen molar-refractivity contribution in [3.8, 4) is 0 Å². The zero-order valence-electron chi connectivity index (χ0n) is 16.4. The number of para-hydroxylation sites is 1. The molecule has 5 nitrogen and oxygen atoms in total. The third-order valence-electron chi connectivity index (χ3n) is 5.08. The number of carbonyl (C=O) groups is 2. The van der Waals surface area contributed by atoms with E-state index in [9.17, 15) is 9.59 Å². The van der Waals surface area contributed by atoms with Crippen LogP contribution in [0.15, 0.2) is 94.9 Å². The minimum absolute atomic E-state index is 0.0486. The molecule has 0 saturated carbocycles. The van der Waals surface area contributed by atoms with Gasteiger partial charge in [0.05, 0.1) is 16.6 Å². The summed E-state index contributed by atoms with van der Waals surface area (Å²) in [5, 5.41) is 3.33. The molecule has 0 fully saturated rings. The van der Waals surface area contributed by atoms with E-state index >= 15 is 0 Å². The summed E-state index contributed by atoms with van der Waals surface area (Å²) in [6, 6.07) is 24.9. The maximum atomic E-state index is 12.5. The topological polar surface area (TPSA) is 70.9 Å². The van der Waals surface area contributed by atoms with Crippen LogP contribution in [-0.2, 0) is 4.79 Å². The molecule has 3 aromatic rings. The molecule has 1 amide bonds. The Labute approximate surface area is 183 Å². The Hall–Kier alpha value is -3.77. The van der Waals surface area contributed by atoms with Gasteiger partial charge in [0.25, 0.3) is 5.91 Å². The predicted octanol–water partition coefficient (Wildman–Crippen LogP) is 5.13. The number of amides is 1. The number of thioether (sulfide) groups is 1. The van der Waals surface area contributed by atoms with Gasteiger partial charge in [-0.2, -0.15) is 0 Å². The lowest BCUT2D eigenvalue weighted by Crippen LogP contribution is -2.16. The first-order valence-corrected chi connectivity index (χ1v) is 10.7. The summed E-state index contributed by atoms with van der Waals surface area (Å²) in [5.41, 5.74) is 5.34. The van der Waals surface area contributed by atoms with E-state index in [4.69, 9.17) is 4.99 Å². The fourth-order valence-electron chi connectivity index (χ4n) is 3.52. The first-order valence-electron chi connectivity index (χ1n) is 9.78. The first kappa shape index (κ1) is 19.2. The number of anilines is 1. The number of rotatable bonds is 3. The van der Waals surface area contributed by atoms with Crippen molar-refractivity contribution in [3.63, 3.8) is 0 Å². The van der Waals surface area contributed by atoms with Crippen molar-refractivity contribution < 1.29 is 9.59 Å². The monoisotopic (exact) mass is 423 g/mol. The minimum atomic E-state index is -0.229. The number of benzene rings is 3. The first-order chi connectivity index (χ1) is 15.2. The average Bonchev–Trinajstić information content (AvgIpc) is 3.14. The molecule has 3 aromatic carbocycles. The van der Waals surface area contributed by atoms with E-state index < -0.39 is 0 Å². The van der Waals surface area contributed by atoms with Gasteiger partial charge in [0.2, 0.25) is 0 Å². The molecule has 1 N–H and O–H groups in total. The number of hydrogen-bond donors (Lipinski definition) is 1. The molecule has 0 bridgehead atoms. The van der Waals surface area contributed by atoms with Crippen LogP contribution >= 0.6 is 11.8 Å². The standard InChI is InChI=1S/C25H17N3O2S/c29-15-16-10-12-18(13-11-16)22-14-21(17-6-2-1-3-7-17)27-25(31-22)28-23-19-8-4-5-9-20(19)26-24(23)30/h1-15,22H,(H,26,27,28,30). The maximum absolute atomic E-state index is 12.5. The van der Waals surface area contributed by atoms with Gasteiger partial charge in [-0.25, -0.2) is 9.98 Å². The Balaban J connectivity index is 1.57. The molecule has 31 heavy (non-hydrogen) atoms. The third-order valence-corrected chi connectivity index (χ3v) is 6.14. The Bertz CT molecular complexity index is 1260. The van der Waals surface area contributed by atoms with Crippen LogP contribution in [0.2, 0.25) is 0 Å². The second-order valence-electron chi connectivity index (χ2n) is 7.10. The lowest BCUT2D eigenvalue weighted by Gasteiger charge is -2.19. The van der Waals surface area contributed by atoms with Crippen LogP contribution in [0.5, 0.6) is 0 Å². The van der Waals surface area contributed by atoms with Crippen LogP contribution in [0.25, 0.3) is 5.70 Å².